The number of para-hydroxylation sites is 1. The quantitative estimate of drug-likeness (QED) is 0.901. The molecule has 1 N–H and O–H groups in total. The van der Waals surface area contributed by atoms with Gasteiger partial charge in [0.15, 0.2) is 0 Å². The predicted molar refractivity (Wildman–Crippen MR) is 92.1 cm³/mol. The average Bonchev–Trinajstić information content (AvgIpc) is 2.56. The Hall–Kier alpha value is -2.06. The molecule has 1 saturated heterocycles. The minimum atomic E-state index is -0.803. The maximum absolute atomic E-state index is 12.2. The van der Waals surface area contributed by atoms with Crippen molar-refractivity contribution in [2.24, 2.45) is 5.92 Å². The second-order valence-corrected chi connectivity index (χ2v) is 6.62. The van der Waals surface area contributed by atoms with Gasteiger partial charge in [0.05, 0.1) is 12.6 Å². The summed E-state index contributed by atoms with van der Waals surface area (Å²) >= 11 is 0. The van der Waals surface area contributed by atoms with Crippen molar-refractivity contribution >= 4 is 11.6 Å². The van der Waals surface area contributed by atoms with Gasteiger partial charge in [0.2, 0.25) is 5.91 Å². The molecule has 0 aromatic heterocycles. The number of anilines is 1. The number of nitrogens with zero attached hydrogens (tertiary/aromatic N) is 3. The molecule has 124 valence electrons. The van der Waals surface area contributed by atoms with Crippen LogP contribution in [0.15, 0.2) is 30.3 Å². The van der Waals surface area contributed by atoms with E-state index in [1.54, 1.807) is 6.92 Å². The largest absolute Gasteiger partial charge is 0.369 e. The monoisotopic (exact) mass is 314 g/mol. The molecule has 0 radical (unpaired) electrons. The standard InChI is InChI=1S/C18H26N4O/c1-15(2)18(3,14-19)20-17(23)13-21-9-11-22(12-10-21)16-7-5-4-6-8-16/h4-8,15H,9-13H2,1-3H3,(H,20,23)/t18-/m1/s1. The second-order valence-electron chi connectivity index (χ2n) is 6.62. The van der Waals surface area contributed by atoms with E-state index in [0.717, 1.165) is 26.2 Å². The number of piperazine rings is 1. The molecular weight excluding hydrogens is 288 g/mol. The van der Waals surface area contributed by atoms with Crippen LogP contribution in [0.4, 0.5) is 5.69 Å². The summed E-state index contributed by atoms with van der Waals surface area (Å²) in [6.07, 6.45) is 0. The Labute approximate surface area is 138 Å². The van der Waals surface area contributed by atoms with Crippen LogP contribution in [0.3, 0.4) is 0 Å². The van der Waals surface area contributed by atoms with Gasteiger partial charge in [-0.25, -0.2) is 0 Å². The lowest BCUT2D eigenvalue weighted by molar-refractivity contribution is -0.124. The van der Waals surface area contributed by atoms with E-state index in [1.807, 2.05) is 32.0 Å². The van der Waals surface area contributed by atoms with Gasteiger partial charge in [-0.2, -0.15) is 5.26 Å². The van der Waals surface area contributed by atoms with E-state index in [2.05, 4.69) is 33.3 Å². The Morgan fingerprint density at radius 1 is 1.26 bits per heavy atom. The number of hydrogen-bond acceptors (Lipinski definition) is 4. The first-order valence-electron chi connectivity index (χ1n) is 8.19. The van der Waals surface area contributed by atoms with Crippen LogP contribution in [-0.2, 0) is 4.79 Å². The number of rotatable bonds is 5. The molecule has 1 aromatic rings. The maximum atomic E-state index is 12.2. The van der Waals surface area contributed by atoms with Crippen molar-refractivity contribution in [1.82, 2.24) is 10.2 Å². The van der Waals surface area contributed by atoms with Gasteiger partial charge >= 0.3 is 0 Å². The van der Waals surface area contributed by atoms with Crippen LogP contribution in [0.2, 0.25) is 0 Å². The fraction of sp³-hybridized carbons (Fsp3) is 0.556. The van der Waals surface area contributed by atoms with Crippen LogP contribution >= 0.6 is 0 Å². The van der Waals surface area contributed by atoms with Crippen molar-refractivity contribution in [2.45, 2.75) is 26.3 Å². The van der Waals surface area contributed by atoms with Crippen LogP contribution in [0.1, 0.15) is 20.8 Å². The molecular formula is C18H26N4O. The summed E-state index contributed by atoms with van der Waals surface area (Å²) in [5.41, 5.74) is 0.427. The lowest BCUT2D eigenvalue weighted by Gasteiger charge is -2.36. The van der Waals surface area contributed by atoms with Gasteiger partial charge in [0, 0.05) is 31.9 Å². The Bertz CT molecular complexity index is 558. The summed E-state index contributed by atoms with van der Waals surface area (Å²) in [6.45, 7) is 9.56. The van der Waals surface area contributed by atoms with Crippen LogP contribution in [0.25, 0.3) is 0 Å². The molecule has 2 rings (SSSR count). The summed E-state index contributed by atoms with van der Waals surface area (Å²) in [6, 6.07) is 12.6. The molecule has 1 fully saturated rings. The van der Waals surface area contributed by atoms with E-state index in [9.17, 15) is 10.1 Å². The number of nitrogens with one attached hydrogen (secondary N) is 1. The van der Waals surface area contributed by atoms with E-state index in [4.69, 9.17) is 0 Å². The molecule has 0 unspecified atom stereocenters. The first-order valence-corrected chi connectivity index (χ1v) is 8.19. The number of amides is 1. The topological polar surface area (TPSA) is 59.4 Å². The molecule has 1 amide bonds. The zero-order valence-electron chi connectivity index (χ0n) is 14.2. The highest BCUT2D eigenvalue weighted by atomic mass is 16.2. The molecule has 0 saturated carbocycles. The molecule has 1 aliphatic rings. The van der Waals surface area contributed by atoms with Crippen LogP contribution in [0, 0.1) is 17.2 Å². The van der Waals surface area contributed by atoms with Crippen molar-refractivity contribution < 1.29 is 4.79 Å². The second kappa shape index (κ2) is 7.47. The lowest BCUT2D eigenvalue weighted by Crippen LogP contribution is -2.54. The summed E-state index contributed by atoms with van der Waals surface area (Å²) in [4.78, 5) is 16.7. The fourth-order valence-electron chi connectivity index (χ4n) is 2.64. The Balaban J connectivity index is 1.82. The van der Waals surface area contributed by atoms with Gasteiger partial charge in [0.25, 0.3) is 0 Å². The molecule has 1 aromatic carbocycles. The SMILES string of the molecule is CC(C)[C@@](C)(C#N)NC(=O)CN1CCN(c2ccccc2)CC1. The zero-order valence-corrected chi connectivity index (χ0v) is 14.2. The van der Waals surface area contributed by atoms with Crippen molar-refractivity contribution in [3.05, 3.63) is 30.3 Å². The van der Waals surface area contributed by atoms with E-state index >= 15 is 0 Å². The fourth-order valence-corrected chi connectivity index (χ4v) is 2.64. The Morgan fingerprint density at radius 3 is 2.39 bits per heavy atom. The number of hydrogen-bond donors (Lipinski definition) is 1. The zero-order chi connectivity index (χ0) is 16.9. The highest BCUT2D eigenvalue weighted by Gasteiger charge is 2.30. The molecule has 0 bridgehead atoms. The normalized spacial score (nSPS) is 18.3. The van der Waals surface area contributed by atoms with E-state index < -0.39 is 5.54 Å². The Morgan fingerprint density at radius 2 is 1.87 bits per heavy atom. The summed E-state index contributed by atoms with van der Waals surface area (Å²) in [7, 11) is 0. The number of carbonyl (C=O) groups is 1. The predicted octanol–water partition coefficient (Wildman–Crippen LogP) is 1.86. The molecule has 1 heterocycles. The van der Waals surface area contributed by atoms with Crippen LogP contribution in [0.5, 0.6) is 0 Å². The average molecular weight is 314 g/mol. The van der Waals surface area contributed by atoms with Gasteiger partial charge in [-0.05, 0) is 25.0 Å². The number of nitriles is 1. The van der Waals surface area contributed by atoms with E-state index in [0.29, 0.717) is 6.54 Å². The first kappa shape index (κ1) is 17.3. The maximum Gasteiger partial charge on any atom is 0.235 e. The highest BCUT2D eigenvalue weighted by Crippen LogP contribution is 2.17. The third kappa shape index (κ3) is 4.46. The van der Waals surface area contributed by atoms with Gasteiger partial charge in [-0.15, -0.1) is 0 Å². The van der Waals surface area contributed by atoms with Crippen molar-refractivity contribution in [2.75, 3.05) is 37.6 Å². The van der Waals surface area contributed by atoms with E-state index in [1.165, 1.54) is 5.69 Å². The van der Waals surface area contributed by atoms with Crippen molar-refractivity contribution in [3.8, 4) is 6.07 Å². The molecule has 23 heavy (non-hydrogen) atoms. The third-order valence-electron chi connectivity index (χ3n) is 4.65. The summed E-state index contributed by atoms with van der Waals surface area (Å²) in [5, 5.41) is 12.2. The molecule has 5 nitrogen and oxygen atoms in total. The van der Waals surface area contributed by atoms with Crippen molar-refractivity contribution in [1.29, 1.82) is 5.26 Å². The van der Waals surface area contributed by atoms with Gasteiger partial charge in [0.1, 0.15) is 5.54 Å². The summed E-state index contributed by atoms with van der Waals surface area (Å²) < 4.78 is 0. The highest BCUT2D eigenvalue weighted by molar-refractivity contribution is 5.79. The Kier molecular flexibility index (Phi) is 5.62. The molecule has 5 heteroatoms. The van der Waals surface area contributed by atoms with E-state index in [-0.39, 0.29) is 11.8 Å². The van der Waals surface area contributed by atoms with Crippen LogP contribution in [-0.4, -0.2) is 49.1 Å². The first-order chi connectivity index (χ1) is 10.9. The van der Waals surface area contributed by atoms with Crippen molar-refractivity contribution in [3.63, 3.8) is 0 Å². The number of benzene rings is 1. The molecule has 1 aliphatic heterocycles. The lowest BCUT2D eigenvalue weighted by atomic mass is 9.90. The van der Waals surface area contributed by atoms with Crippen LogP contribution < -0.4 is 10.2 Å². The van der Waals surface area contributed by atoms with Gasteiger partial charge in [-0.3, -0.25) is 9.69 Å². The number of carbonyl (C=O) groups excluding carboxylic acids is 1. The minimum absolute atomic E-state index is 0.0732. The third-order valence-corrected chi connectivity index (χ3v) is 4.65. The smallest absolute Gasteiger partial charge is 0.235 e. The molecule has 0 aliphatic carbocycles. The molecule has 1 atom stereocenters. The van der Waals surface area contributed by atoms with Gasteiger partial charge < -0.3 is 10.2 Å². The minimum Gasteiger partial charge on any atom is -0.369 e. The molecule has 0 spiro atoms. The van der Waals surface area contributed by atoms with Gasteiger partial charge in [-0.1, -0.05) is 32.0 Å². The summed E-state index contributed by atoms with van der Waals surface area (Å²) in [5.74, 6) is 0.00212.